The van der Waals surface area contributed by atoms with Gasteiger partial charge in [0.1, 0.15) is 0 Å². The van der Waals surface area contributed by atoms with Crippen LogP contribution < -0.4 is 5.32 Å². The molecule has 1 N–H and O–H groups in total. The van der Waals surface area contributed by atoms with Gasteiger partial charge in [0.2, 0.25) is 0 Å². The van der Waals surface area contributed by atoms with Crippen molar-refractivity contribution < 1.29 is 4.74 Å². The summed E-state index contributed by atoms with van der Waals surface area (Å²) >= 11 is 0. The zero-order chi connectivity index (χ0) is 9.03. The summed E-state index contributed by atoms with van der Waals surface area (Å²) in [6.07, 6.45) is 4.79. The Morgan fingerprint density at radius 3 is 2.42 bits per heavy atom. The van der Waals surface area contributed by atoms with Crippen LogP contribution in [-0.2, 0) is 4.74 Å². The standard InChI is InChI=1S/C10H21NO/c1-4-10(5-2,12-3)9-7-6-8-11-9/h9,11H,4-8H2,1-3H3/t9-/m0/s1. The molecule has 1 fully saturated rings. The second-order valence-electron chi connectivity index (χ2n) is 3.62. The van der Waals surface area contributed by atoms with E-state index in [0.717, 1.165) is 19.4 Å². The SMILES string of the molecule is CCC(CC)(OC)[C@@H]1CCCN1. The second kappa shape index (κ2) is 4.24. The summed E-state index contributed by atoms with van der Waals surface area (Å²) in [7, 11) is 1.84. The maximum absolute atomic E-state index is 5.66. The highest BCUT2D eigenvalue weighted by molar-refractivity contribution is 4.94. The van der Waals surface area contributed by atoms with Gasteiger partial charge in [-0.2, -0.15) is 0 Å². The summed E-state index contributed by atoms with van der Waals surface area (Å²) < 4.78 is 5.66. The third-order valence-electron chi connectivity index (χ3n) is 3.30. The molecular formula is C10H21NO. The molecule has 2 nitrogen and oxygen atoms in total. The van der Waals surface area contributed by atoms with Gasteiger partial charge in [0.15, 0.2) is 0 Å². The van der Waals surface area contributed by atoms with E-state index in [1.807, 2.05) is 7.11 Å². The Morgan fingerprint density at radius 1 is 1.42 bits per heavy atom. The summed E-state index contributed by atoms with van der Waals surface area (Å²) in [5.74, 6) is 0. The largest absolute Gasteiger partial charge is 0.377 e. The van der Waals surface area contributed by atoms with Crippen molar-refractivity contribution in [1.29, 1.82) is 0 Å². The van der Waals surface area contributed by atoms with E-state index in [1.165, 1.54) is 12.8 Å². The minimum absolute atomic E-state index is 0.0938. The highest BCUT2D eigenvalue weighted by Crippen LogP contribution is 2.28. The van der Waals surface area contributed by atoms with Crippen LogP contribution >= 0.6 is 0 Å². The van der Waals surface area contributed by atoms with E-state index in [-0.39, 0.29) is 5.60 Å². The molecule has 1 heterocycles. The molecule has 1 aliphatic heterocycles. The molecule has 2 heteroatoms. The van der Waals surface area contributed by atoms with Crippen molar-refractivity contribution in [1.82, 2.24) is 5.32 Å². The summed E-state index contributed by atoms with van der Waals surface area (Å²) in [4.78, 5) is 0. The fraction of sp³-hybridized carbons (Fsp3) is 1.00. The first-order chi connectivity index (χ1) is 5.79. The molecule has 0 aromatic carbocycles. The maximum Gasteiger partial charge on any atom is 0.0825 e. The minimum atomic E-state index is 0.0938. The Hall–Kier alpha value is -0.0800. The molecule has 0 aromatic rings. The van der Waals surface area contributed by atoms with Crippen LogP contribution in [0.2, 0.25) is 0 Å². The van der Waals surface area contributed by atoms with E-state index < -0.39 is 0 Å². The Morgan fingerprint density at radius 2 is 2.08 bits per heavy atom. The zero-order valence-electron chi connectivity index (χ0n) is 8.52. The fourth-order valence-corrected chi connectivity index (χ4v) is 2.31. The number of hydrogen-bond donors (Lipinski definition) is 1. The van der Waals surface area contributed by atoms with Crippen LogP contribution in [0.15, 0.2) is 0 Å². The van der Waals surface area contributed by atoms with Gasteiger partial charge in [-0.05, 0) is 32.2 Å². The third-order valence-corrected chi connectivity index (χ3v) is 3.30. The van der Waals surface area contributed by atoms with Crippen LogP contribution in [0.4, 0.5) is 0 Å². The molecule has 0 aromatic heterocycles. The molecule has 72 valence electrons. The van der Waals surface area contributed by atoms with Crippen molar-refractivity contribution in [2.45, 2.75) is 51.2 Å². The van der Waals surface area contributed by atoms with Crippen molar-refractivity contribution >= 4 is 0 Å². The fourth-order valence-electron chi connectivity index (χ4n) is 2.31. The summed E-state index contributed by atoms with van der Waals surface area (Å²) in [5.41, 5.74) is 0.0938. The molecular weight excluding hydrogens is 150 g/mol. The Labute approximate surface area is 75.7 Å². The van der Waals surface area contributed by atoms with E-state index in [2.05, 4.69) is 19.2 Å². The monoisotopic (exact) mass is 171 g/mol. The lowest BCUT2D eigenvalue weighted by molar-refractivity contribution is -0.0425. The average molecular weight is 171 g/mol. The van der Waals surface area contributed by atoms with Crippen molar-refractivity contribution in [2.75, 3.05) is 13.7 Å². The van der Waals surface area contributed by atoms with Crippen molar-refractivity contribution in [3.8, 4) is 0 Å². The van der Waals surface area contributed by atoms with Crippen molar-refractivity contribution in [3.05, 3.63) is 0 Å². The number of hydrogen-bond acceptors (Lipinski definition) is 2. The maximum atomic E-state index is 5.66. The lowest BCUT2D eigenvalue weighted by Gasteiger charge is -2.36. The molecule has 1 atom stereocenters. The highest BCUT2D eigenvalue weighted by Gasteiger charge is 2.36. The quantitative estimate of drug-likeness (QED) is 0.698. The van der Waals surface area contributed by atoms with Crippen LogP contribution in [0, 0.1) is 0 Å². The first-order valence-corrected chi connectivity index (χ1v) is 5.07. The van der Waals surface area contributed by atoms with Gasteiger partial charge < -0.3 is 10.1 Å². The van der Waals surface area contributed by atoms with Gasteiger partial charge in [-0.25, -0.2) is 0 Å². The van der Waals surface area contributed by atoms with Gasteiger partial charge in [0.05, 0.1) is 5.60 Å². The van der Waals surface area contributed by atoms with Gasteiger partial charge in [-0.1, -0.05) is 13.8 Å². The molecule has 0 bridgehead atoms. The van der Waals surface area contributed by atoms with E-state index in [0.29, 0.717) is 6.04 Å². The van der Waals surface area contributed by atoms with E-state index >= 15 is 0 Å². The first kappa shape index (κ1) is 10.0. The summed E-state index contributed by atoms with van der Waals surface area (Å²) in [6.45, 7) is 5.59. The van der Waals surface area contributed by atoms with Crippen LogP contribution in [0.25, 0.3) is 0 Å². The molecule has 0 saturated carbocycles. The molecule has 1 rings (SSSR count). The molecule has 1 aliphatic rings. The van der Waals surface area contributed by atoms with E-state index in [1.54, 1.807) is 0 Å². The van der Waals surface area contributed by atoms with Gasteiger partial charge in [0, 0.05) is 13.2 Å². The average Bonchev–Trinajstić information content (AvgIpc) is 2.62. The predicted octanol–water partition coefficient (Wildman–Crippen LogP) is 1.94. The van der Waals surface area contributed by atoms with E-state index in [4.69, 9.17) is 4.74 Å². The lowest BCUT2D eigenvalue weighted by Crippen LogP contribution is -2.48. The van der Waals surface area contributed by atoms with Gasteiger partial charge >= 0.3 is 0 Å². The minimum Gasteiger partial charge on any atom is -0.377 e. The van der Waals surface area contributed by atoms with Gasteiger partial charge in [-0.3, -0.25) is 0 Å². The van der Waals surface area contributed by atoms with Gasteiger partial charge in [0.25, 0.3) is 0 Å². The van der Waals surface area contributed by atoms with Gasteiger partial charge in [-0.15, -0.1) is 0 Å². The summed E-state index contributed by atoms with van der Waals surface area (Å²) in [6, 6.07) is 0.581. The second-order valence-corrected chi connectivity index (χ2v) is 3.62. The molecule has 0 aliphatic carbocycles. The predicted molar refractivity (Wildman–Crippen MR) is 51.3 cm³/mol. The Kier molecular flexibility index (Phi) is 3.53. The molecule has 0 unspecified atom stereocenters. The lowest BCUT2D eigenvalue weighted by atomic mass is 9.87. The Bertz CT molecular complexity index is 118. The molecule has 12 heavy (non-hydrogen) atoms. The Balaban J connectivity index is 2.61. The number of methoxy groups -OCH3 is 1. The first-order valence-electron chi connectivity index (χ1n) is 5.07. The third kappa shape index (κ3) is 1.64. The van der Waals surface area contributed by atoms with Crippen LogP contribution in [-0.4, -0.2) is 25.3 Å². The number of nitrogens with one attached hydrogen (secondary N) is 1. The molecule has 0 amide bonds. The highest BCUT2D eigenvalue weighted by atomic mass is 16.5. The van der Waals surface area contributed by atoms with Crippen LogP contribution in [0.1, 0.15) is 39.5 Å². The normalized spacial score (nSPS) is 24.8. The van der Waals surface area contributed by atoms with Crippen LogP contribution in [0.5, 0.6) is 0 Å². The number of ether oxygens (including phenoxy) is 1. The molecule has 0 spiro atoms. The molecule has 0 radical (unpaired) electrons. The summed E-state index contributed by atoms with van der Waals surface area (Å²) in [5, 5.41) is 3.53. The van der Waals surface area contributed by atoms with E-state index in [9.17, 15) is 0 Å². The number of rotatable bonds is 4. The topological polar surface area (TPSA) is 21.3 Å². The van der Waals surface area contributed by atoms with Crippen molar-refractivity contribution in [3.63, 3.8) is 0 Å². The zero-order valence-corrected chi connectivity index (χ0v) is 8.52. The smallest absolute Gasteiger partial charge is 0.0825 e. The molecule has 1 saturated heterocycles. The van der Waals surface area contributed by atoms with Crippen molar-refractivity contribution in [2.24, 2.45) is 0 Å². The van der Waals surface area contributed by atoms with Crippen LogP contribution in [0.3, 0.4) is 0 Å².